The van der Waals surface area contributed by atoms with Gasteiger partial charge in [-0.2, -0.15) is 0 Å². The van der Waals surface area contributed by atoms with E-state index < -0.39 is 0 Å². The number of halogens is 1. The summed E-state index contributed by atoms with van der Waals surface area (Å²) in [6.07, 6.45) is 2.90. The molecule has 0 aliphatic carbocycles. The zero-order valence-corrected chi connectivity index (χ0v) is 20.1. The third kappa shape index (κ3) is 7.43. The Kier molecular flexibility index (Phi) is 11.1. The van der Waals surface area contributed by atoms with Crippen molar-refractivity contribution in [2.75, 3.05) is 26.5 Å². The molecule has 5 nitrogen and oxygen atoms in total. The van der Waals surface area contributed by atoms with Crippen molar-refractivity contribution in [2.24, 2.45) is 4.99 Å². The maximum atomic E-state index is 9.69. The van der Waals surface area contributed by atoms with Crippen molar-refractivity contribution in [2.45, 2.75) is 31.7 Å². The Hall–Kier alpha value is -1.61. The van der Waals surface area contributed by atoms with Crippen LogP contribution < -0.4 is 15.4 Å². The number of phenols is 1. The van der Waals surface area contributed by atoms with Gasteiger partial charge in [-0.25, -0.2) is 4.99 Å². The number of thioether (sulfide) groups is 1. The molecule has 0 saturated carbocycles. The molecule has 28 heavy (non-hydrogen) atoms. The Morgan fingerprint density at radius 2 is 1.96 bits per heavy atom. The Morgan fingerprint density at radius 3 is 2.64 bits per heavy atom. The van der Waals surface area contributed by atoms with E-state index in [9.17, 15) is 5.11 Å². The van der Waals surface area contributed by atoms with Gasteiger partial charge < -0.3 is 20.5 Å². The van der Waals surface area contributed by atoms with Gasteiger partial charge in [-0.3, -0.25) is 0 Å². The molecule has 0 amide bonds. The summed E-state index contributed by atoms with van der Waals surface area (Å²) in [6, 6.07) is 11.9. The summed E-state index contributed by atoms with van der Waals surface area (Å²) >= 11 is 1.75. The second-order valence-corrected chi connectivity index (χ2v) is 7.04. The van der Waals surface area contributed by atoms with Gasteiger partial charge in [-0.1, -0.05) is 18.2 Å². The van der Waals surface area contributed by atoms with Crippen LogP contribution in [0.4, 0.5) is 0 Å². The highest BCUT2D eigenvalue weighted by Gasteiger charge is 2.05. The molecule has 2 aromatic carbocycles. The lowest BCUT2D eigenvalue weighted by Crippen LogP contribution is -2.38. The minimum absolute atomic E-state index is 0. The molecule has 0 radical (unpaired) electrons. The maximum Gasteiger partial charge on any atom is 0.191 e. The van der Waals surface area contributed by atoms with Crippen LogP contribution in [0.25, 0.3) is 0 Å². The second kappa shape index (κ2) is 12.8. The first kappa shape index (κ1) is 24.4. The minimum Gasteiger partial charge on any atom is -0.504 e. The van der Waals surface area contributed by atoms with Crippen LogP contribution in [0.5, 0.6) is 11.5 Å². The number of nitrogens with one attached hydrogen (secondary N) is 2. The molecule has 0 bridgehead atoms. The number of aliphatic imine (C=N–C) groups is 1. The number of ether oxygens (including phenoxy) is 1. The van der Waals surface area contributed by atoms with Crippen molar-refractivity contribution in [3.8, 4) is 11.5 Å². The second-order valence-electron chi connectivity index (χ2n) is 6.19. The number of nitrogens with zero attached hydrogens (tertiary/aromatic N) is 1. The van der Waals surface area contributed by atoms with E-state index >= 15 is 0 Å². The molecule has 3 N–H and O–H groups in total. The average molecular weight is 515 g/mol. The standard InChI is InChI=1S/C21H29N3O2S.HI/c1-5-22-21(24-14-17-8-6-15(2)12-20(17)27-4)23-11-10-16-7-9-18(25)19(13-16)26-3;/h6-9,12-13,25H,5,10-11,14H2,1-4H3,(H2,22,23,24);1H. The molecular weight excluding hydrogens is 485 g/mol. The smallest absolute Gasteiger partial charge is 0.191 e. The lowest BCUT2D eigenvalue weighted by atomic mass is 10.1. The molecule has 2 rings (SSSR count). The van der Waals surface area contributed by atoms with E-state index in [1.807, 2.05) is 12.1 Å². The van der Waals surface area contributed by atoms with Crippen molar-refractivity contribution in [3.63, 3.8) is 0 Å². The molecule has 0 unspecified atom stereocenters. The zero-order chi connectivity index (χ0) is 19.6. The summed E-state index contributed by atoms with van der Waals surface area (Å²) in [4.78, 5) is 5.99. The number of benzene rings is 2. The van der Waals surface area contributed by atoms with E-state index in [0.717, 1.165) is 31.0 Å². The first-order chi connectivity index (χ1) is 13.1. The van der Waals surface area contributed by atoms with Crippen molar-refractivity contribution >= 4 is 41.7 Å². The SMILES string of the molecule is CCNC(=NCc1ccc(C)cc1SC)NCCc1ccc(O)c(OC)c1.I. The highest BCUT2D eigenvalue weighted by molar-refractivity contribution is 14.0. The maximum absolute atomic E-state index is 9.69. The van der Waals surface area contributed by atoms with E-state index in [2.05, 4.69) is 48.9 Å². The van der Waals surface area contributed by atoms with Gasteiger partial charge in [0.2, 0.25) is 0 Å². The molecule has 0 heterocycles. The largest absolute Gasteiger partial charge is 0.504 e. The number of hydrogen-bond donors (Lipinski definition) is 3. The fraction of sp³-hybridized carbons (Fsp3) is 0.381. The van der Waals surface area contributed by atoms with Crippen LogP contribution in [-0.2, 0) is 13.0 Å². The van der Waals surface area contributed by atoms with Crippen LogP contribution in [0.2, 0.25) is 0 Å². The van der Waals surface area contributed by atoms with E-state index in [1.54, 1.807) is 24.9 Å². The quantitative estimate of drug-likeness (QED) is 0.211. The van der Waals surface area contributed by atoms with Crippen LogP contribution in [-0.4, -0.2) is 37.5 Å². The molecule has 2 aromatic rings. The summed E-state index contributed by atoms with van der Waals surface area (Å²) in [5, 5.41) is 16.3. The van der Waals surface area contributed by atoms with Crippen molar-refractivity contribution in [3.05, 3.63) is 53.1 Å². The number of aromatic hydroxyl groups is 1. The third-order valence-electron chi connectivity index (χ3n) is 4.14. The molecule has 7 heteroatoms. The molecule has 0 aromatic heterocycles. The van der Waals surface area contributed by atoms with Gasteiger partial charge in [0.15, 0.2) is 17.5 Å². The Labute approximate surface area is 189 Å². The van der Waals surface area contributed by atoms with Gasteiger partial charge in [0.25, 0.3) is 0 Å². The number of methoxy groups -OCH3 is 1. The average Bonchev–Trinajstić information content (AvgIpc) is 2.67. The van der Waals surface area contributed by atoms with Gasteiger partial charge in [-0.15, -0.1) is 35.7 Å². The van der Waals surface area contributed by atoms with Crippen LogP contribution in [0.15, 0.2) is 46.3 Å². The fourth-order valence-corrected chi connectivity index (χ4v) is 3.39. The van der Waals surface area contributed by atoms with E-state index in [4.69, 9.17) is 9.73 Å². The molecule has 0 spiro atoms. The molecule has 0 aliphatic heterocycles. The van der Waals surface area contributed by atoms with Gasteiger partial charge in [0.1, 0.15) is 0 Å². The van der Waals surface area contributed by atoms with E-state index in [1.165, 1.54) is 16.0 Å². The summed E-state index contributed by atoms with van der Waals surface area (Å²) in [6.45, 7) is 6.35. The Balaban J connectivity index is 0.00000392. The number of rotatable bonds is 8. The van der Waals surface area contributed by atoms with Gasteiger partial charge in [-0.05, 0) is 61.4 Å². The summed E-state index contributed by atoms with van der Waals surface area (Å²) in [5.41, 5.74) is 3.59. The monoisotopic (exact) mass is 515 g/mol. The summed E-state index contributed by atoms with van der Waals surface area (Å²) in [7, 11) is 1.56. The van der Waals surface area contributed by atoms with Gasteiger partial charge in [0, 0.05) is 18.0 Å². The van der Waals surface area contributed by atoms with Crippen molar-refractivity contribution in [1.29, 1.82) is 0 Å². The number of guanidine groups is 1. The van der Waals surface area contributed by atoms with Gasteiger partial charge >= 0.3 is 0 Å². The van der Waals surface area contributed by atoms with E-state index in [-0.39, 0.29) is 29.7 Å². The molecule has 0 atom stereocenters. The first-order valence-electron chi connectivity index (χ1n) is 9.09. The third-order valence-corrected chi connectivity index (χ3v) is 4.96. The molecular formula is C21H30IN3O2S. The lowest BCUT2D eigenvalue weighted by Gasteiger charge is -2.13. The van der Waals surface area contributed by atoms with Crippen molar-refractivity contribution < 1.29 is 9.84 Å². The normalized spacial score (nSPS) is 10.9. The summed E-state index contributed by atoms with van der Waals surface area (Å²) in [5.74, 6) is 1.46. The lowest BCUT2D eigenvalue weighted by molar-refractivity contribution is 0.373. The predicted octanol–water partition coefficient (Wildman–Crippen LogP) is 4.35. The van der Waals surface area contributed by atoms with Crippen molar-refractivity contribution in [1.82, 2.24) is 10.6 Å². The number of aryl methyl sites for hydroxylation is 1. The van der Waals surface area contributed by atoms with Crippen LogP contribution in [0, 0.1) is 6.92 Å². The summed E-state index contributed by atoms with van der Waals surface area (Å²) < 4.78 is 5.16. The molecule has 0 fully saturated rings. The van der Waals surface area contributed by atoms with E-state index in [0.29, 0.717) is 12.3 Å². The highest BCUT2D eigenvalue weighted by atomic mass is 127. The first-order valence-corrected chi connectivity index (χ1v) is 10.3. The highest BCUT2D eigenvalue weighted by Crippen LogP contribution is 2.26. The molecule has 154 valence electrons. The fourth-order valence-electron chi connectivity index (χ4n) is 2.69. The molecule has 0 saturated heterocycles. The number of hydrogen-bond acceptors (Lipinski definition) is 4. The van der Waals surface area contributed by atoms with Crippen LogP contribution in [0.1, 0.15) is 23.6 Å². The minimum atomic E-state index is 0. The Bertz CT molecular complexity index is 784. The Morgan fingerprint density at radius 1 is 1.18 bits per heavy atom. The number of phenolic OH excluding ortho intramolecular Hbond substituents is 1. The van der Waals surface area contributed by atoms with Gasteiger partial charge in [0.05, 0.1) is 13.7 Å². The predicted molar refractivity (Wildman–Crippen MR) is 130 cm³/mol. The van der Waals surface area contributed by atoms with Crippen LogP contribution in [0.3, 0.4) is 0 Å². The van der Waals surface area contributed by atoms with Crippen LogP contribution >= 0.6 is 35.7 Å². The molecule has 0 aliphatic rings. The topological polar surface area (TPSA) is 65.9 Å². The zero-order valence-electron chi connectivity index (χ0n) is 16.9.